The summed E-state index contributed by atoms with van der Waals surface area (Å²) in [5, 5.41) is 1.13. The molecule has 0 saturated carbocycles. The van der Waals surface area contributed by atoms with Crippen LogP contribution in [0.1, 0.15) is 23.2 Å². The van der Waals surface area contributed by atoms with Crippen LogP contribution in [0.2, 0.25) is 0 Å². The van der Waals surface area contributed by atoms with Crippen LogP contribution in [0.5, 0.6) is 0 Å². The van der Waals surface area contributed by atoms with Gasteiger partial charge in [0.05, 0.1) is 5.56 Å². The number of aromatic nitrogens is 1. The molecule has 2 aromatic rings. The number of fused-ring (bicyclic) bond motifs is 1. The number of benzene rings is 1. The van der Waals surface area contributed by atoms with Crippen molar-refractivity contribution in [2.24, 2.45) is 7.05 Å². The fourth-order valence-corrected chi connectivity index (χ4v) is 2.90. The molecule has 1 aromatic carbocycles. The topological polar surface area (TPSA) is 31.2 Å². The number of hydrogen-bond donors (Lipinski definition) is 0. The highest BCUT2D eigenvalue weighted by Gasteiger charge is 2.22. The van der Waals surface area contributed by atoms with E-state index in [-0.39, 0.29) is 12.1 Å². The predicted molar refractivity (Wildman–Crippen MR) is 78.4 cm³/mol. The van der Waals surface area contributed by atoms with Crippen LogP contribution in [0.15, 0.2) is 41.0 Å². The number of rotatable bonds is 2. The van der Waals surface area contributed by atoms with Crippen molar-refractivity contribution in [2.45, 2.75) is 18.9 Å². The molecule has 0 spiro atoms. The Labute approximate surface area is 120 Å². The minimum Gasteiger partial charge on any atom is -0.453 e. The third-order valence-electron chi connectivity index (χ3n) is 3.45. The van der Waals surface area contributed by atoms with E-state index in [0.29, 0.717) is 5.56 Å². The van der Waals surface area contributed by atoms with Crippen LogP contribution in [0.4, 0.5) is 0 Å². The van der Waals surface area contributed by atoms with Crippen LogP contribution in [0.3, 0.4) is 0 Å². The highest BCUT2D eigenvalue weighted by Crippen LogP contribution is 2.27. The molecule has 19 heavy (non-hydrogen) atoms. The molecule has 1 aromatic heterocycles. The van der Waals surface area contributed by atoms with Crippen molar-refractivity contribution in [2.75, 3.05) is 0 Å². The maximum atomic E-state index is 12.1. The summed E-state index contributed by atoms with van der Waals surface area (Å²) in [5.74, 6) is -0.264. The van der Waals surface area contributed by atoms with Crippen LogP contribution >= 0.6 is 15.9 Å². The molecule has 0 fully saturated rings. The van der Waals surface area contributed by atoms with Crippen molar-refractivity contribution in [1.29, 1.82) is 0 Å². The Balaban J connectivity index is 1.85. The van der Waals surface area contributed by atoms with Gasteiger partial charge in [0.1, 0.15) is 6.10 Å². The molecule has 0 radical (unpaired) electrons. The van der Waals surface area contributed by atoms with Crippen molar-refractivity contribution >= 4 is 32.8 Å². The van der Waals surface area contributed by atoms with Gasteiger partial charge in [-0.25, -0.2) is 4.79 Å². The Morgan fingerprint density at radius 3 is 3.00 bits per heavy atom. The van der Waals surface area contributed by atoms with Crippen LogP contribution in [0, 0.1) is 0 Å². The van der Waals surface area contributed by atoms with Crippen LogP contribution in [0.25, 0.3) is 10.9 Å². The van der Waals surface area contributed by atoms with Crippen molar-refractivity contribution in [3.05, 3.63) is 46.6 Å². The van der Waals surface area contributed by atoms with Gasteiger partial charge in [-0.05, 0) is 36.4 Å². The number of nitrogens with zero attached hydrogens (tertiary/aromatic N) is 1. The number of ether oxygens (including phenoxy) is 1. The minimum absolute atomic E-state index is 0.128. The first-order chi connectivity index (χ1) is 9.15. The molecule has 1 aliphatic carbocycles. The highest BCUT2D eigenvalue weighted by molar-refractivity contribution is 9.11. The van der Waals surface area contributed by atoms with Gasteiger partial charge in [0.25, 0.3) is 0 Å². The van der Waals surface area contributed by atoms with E-state index in [4.69, 9.17) is 4.74 Å². The second kappa shape index (κ2) is 4.85. The van der Waals surface area contributed by atoms with E-state index in [1.165, 1.54) is 0 Å². The lowest BCUT2D eigenvalue weighted by Gasteiger charge is -2.12. The van der Waals surface area contributed by atoms with E-state index in [1.807, 2.05) is 42.1 Å². The van der Waals surface area contributed by atoms with Crippen molar-refractivity contribution in [3.8, 4) is 0 Å². The van der Waals surface area contributed by atoms with Crippen LogP contribution in [-0.4, -0.2) is 16.6 Å². The summed E-state index contributed by atoms with van der Waals surface area (Å²) in [7, 11) is 1.97. The maximum absolute atomic E-state index is 12.1. The number of hydrogen-bond acceptors (Lipinski definition) is 2. The lowest BCUT2D eigenvalue weighted by Crippen LogP contribution is -2.16. The molecule has 0 bridgehead atoms. The molecule has 0 aliphatic heterocycles. The Bertz CT molecular complexity index is 672. The monoisotopic (exact) mass is 319 g/mol. The molecule has 3 rings (SSSR count). The van der Waals surface area contributed by atoms with Gasteiger partial charge < -0.3 is 9.30 Å². The molecule has 0 N–H and O–H groups in total. The van der Waals surface area contributed by atoms with E-state index < -0.39 is 0 Å². The zero-order valence-electron chi connectivity index (χ0n) is 10.6. The molecule has 4 heteroatoms. The van der Waals surface area contributed by atoms with Crippen molar-refractivity contribution < 1.29 is 9.53 Å². The van der Waals surface area contributed by atoms with Crippen molar-refractivity contribution in [1.82, 2.24) is 4.57 Å². The first kappa shape index (κ1) is 12.5. The summed E-state index contributed by atoms with van der Waals surface area (Å²) in [5.41, 5.74) is 1.64. The van der Waals surface area contributed by atoms with Gasteiger partial charge in [-0.3, -0.25) is 0 Å². The number of carbonyl (C=O) groups is 1. The second-order valence-electron chi connectivity index (χ2n) is 4.76. The number of esters is 1. The molecule has 1 heterocycles. The van der Waals surface area contributed by atoms with Crippen molar-refractivity contribution in [3.63, 3.8) is 0 Å². The smallest absolute Gasteiger partial charge is 0.338 e. The molecule has 0 saturated heterocycles. The van der Waals surface area contributed by atoms with E-state index in [1.54, 1.807) is 0 Å². The zero-order valence-corrected chi connectivity index (χ0v) is 12.2. The maximum Gasteiger partial charge on any atom is 0.338 e. The third-order valence-corrected chi connectivity index (χ3v) is 4.28. The third kappa shape index (κ3) is 2.32. The summed E-state index contributed by atoms with van der Waals surface area (Å²) >= 11 is 3.43. The normalized spacial score (nSPS) is 18.6. The summed E-state index contributed by atoms with van der Waals surface area (Å²) < 4.78 is 8.48. The number of allylic oxidation sites excluding steroid dienone is 1. The first-order valence-corrected chi connectivity index (χ1v) is 7.06. The molecule has 98 valence electrons. The van der Waals surface area contributed by atoms with Gasteiger partial charge in [0.2, 0.25) is 0 Å². The molecular weight excluding hydrogens is 306 g/mol. The standard InChI is InChI=1S/C15H14BrNO2/c1-17-8-7-10-5-6-11(9-13(10)17)15(18)19-14-4-2-3-12(14)16/h3,5-9,14H,2,4H2,1H3. The predicted octanol–water partition coefficient (Wildman–Crippen LogP) is 3.78. The molecule has 1 unspecified atom stereocenters. The van der Waals surface area contributed by atoms with Gasteiger partial charge in [0.15, 0.2) is 0 Å². The van der Waals surface area contributed by atoms with Crippen LogP contribution < -0.4 is 0 Å². The zero-order chi connectivity index (χ0) is 13.4. The number of halogens is 1. The summed E-state index contributed by atoms with van der Waals surface area (Å²) in [6.45, 7) is 0. The summed E-state index contributed by atoms with van der Waals surface area (Å²) in [4.78, 5) is 12.1. The second-order valence-corrected chi connectivity index (χ2v) is 5.68. The SMILES string of the molecule is Cn1ccc2ccc(C(=O)OC3CCC=C3Br)cc21. The van der Waals surface area contributed by atoms with E-state index >= 15 is 0 Å². The Morgan fingerprint density at radius 1 is 1.42 bits per heavy atom. The Hall–Kier alpha value is -1.55. The minimum atomic E-state index is -0.264. The average Bonchev–Trinajstić information content (AvgIpc) is 2.97. The Kier molecular flexibility index (Phi) is 3.19. The van der Waals surface area contributed by atoms with Gasteiger partial charge in [-0.2, -0.15) is 0 Å². The van der Waals surface area contributed by atoms with Gasteiger partial charge >= 0.3 is 5.97 Å². The van der Waals surface area contributed by atoms with Gasteiger partial charge in [0, 0.05) is 23.2 Å². The molecule has 0 amide bonds. The molecular formula is C15H14BrNO2. The quantitative estimate of drug-likeness (QED) is 0.789. The molecule has 1 atom stereocenters. The fourth-order valence-electron chi connectivity index (χ4n) is 2.34. The molecule has 3 nitrogen and oxygen atoms in total. The highest BCUT2D eigenvalue weighted by atomic mass is 79.9. The number of aryl methyl sites for hydroxylation is 1. The first-order valence-electron chi connectivity index (χ1n) is 6.27. The fraction of sp³-hybridized carbons (Fsp3) is 0.267. The van der Waals surface area contributed by atoms with Crippen LogP contribution in [-0.2, 0) is 11.8 Å². The Morgan fingerprint density at radius 2 is 2.26 bits per heavy atom. The lowest BCUT2D eigenvalue weighted by molar-refractivity contribution is 0.0391. The lowest BCUT2D eigenvalue weighted by atomic mass is 10.1. The molecule has 1 aliphatic rings. The average molecular weight is 320 g/mol. The summed E-state index contributed by atoms with van der Waals surface area (Å²) in [6.07, 6.45) is 5.72. The summed E-state index contributed by atoms with van der Waals surface area (Å²) in [6, 6.07) is 7.67. The van der Waals surface area contributed by atoms with E-state index in [0.717, 1.165) is 28.2 Å². The number of carbonyl (C=O) groups excluding carboxylic acids is 1. The van der Waals surface area contributed by atoms with Gasteiger partial charge in [-0.1, -0.05) is 28.1 Å². The van der Waals surface area contributed by atoms with E-state index in [2.05, 4.69) is 22.0 Å². The van der Waals surface area contributed by atoms with E-state index in [9.17, 15) is 4.79 Å². The van der Waals surface area contributed by atoms with Gasteiger partial charge in [-0.15, -0.1) is 0 Å². The largest absolute Gasteiger partial charge is 0.453 e.